The molecule has 0 aliphatic carbocycles. The number of carbonyl (C=O) groups excluding carboxylic acids is 3. The van der Waals surface area contributed by atoms with E-state index in [1.54, 1.807) is 32.6 Å². The van der Waals surface area contributed by atoms with Crippen molar-refractivity contribution in [3.05, 3.63) is 35.9 Å². The molecular weight excluding hydrogens is 418 g/mol. The molecule has 0 aliphatic rings. The Bertz CT molecular complexity index is 746. The molecule has 3 atom stereocenters. The molecule has 0 spiro atoms. The van der Waals surface area contributed by atoms with Gasteiger partial charge >= 0.3 is 6.09 Å². The molecule has 0 saturated carbocycles. The van der Waals surface area contributed by atoms with Crippen LogP contribution in [0, 0.1) is 0 Å². The van der Waals surface area contributed by atoms with E-state index in [0.717, 1.165) is 37.7 Å². The van der Waals surface area contributed by atoms with Gasteiger partial charge in [-0.05, 0) is 53.0 Å². The number of nitrogens with zero attached hydrogens (tertiary/aromatic N) is 1. The van der Waals surface area contributed by atoms with Crippen molar-refractivity contribution in [3.8, 4) is 0 Å². The Morgan fingerprint density at radius 2 is 1.61 bits per heavy atom. The molecule has 3 amide bonds. The number of unbranched alkanes of at least 4 members (excludes halogenated alkanes) is 2. The third-order valence-electron chi connectivity index (χ3n) is 5.17. The van der Waals surface area contributed by atoms with Crippen molar-refractivity contribution in [1.82, 2.24) is 15.5 Å². The van der Waals surface area contributed by atoms with Crippen molar-refractivity contribution in [2.45, 2.75) is 104 Å². The second-order valence-corrected chi connectivity index (χ2v) is 9.62. The molecular formula is C26H43N3O4. The highest BCUT2D eigenvalue weighted by Crippen LogP contribution is 2.24. The van der Waals surface area contributed by atoms with Crippen molar-refractivity contribution in [3.63, 3.8) is 0 Å². The van der Waals surface area contributed by atoms with Crippen LogP contribution >= 0.6 is 0 Å². The molecule has 0 fully saturated rings. The van der Waals surface area contributed by atoms with Gasteiger partial charge in [0.2, 0.25) is 11.8 Å². The predicted octanol–water partition coefficient (Wildman–Crippen LogP) is 4.96. The van der Waals surface area contributed by atoms with Crippen LogP contribution in [0.2, 0.25) is 0 Å². The highest BCUT2D eigenvalue weighted by molar-refractivity contribution is 5.92. The summed E-state index contributed by atoms with van der Waals surface area (Å²) in [5.74, 6) is -0.527. The molecule has 1 aromatic carbocycles. The molecule has 3 unspecified atom stereocenters. The highest BCUT2D eigenvalue weighted by Gasteiger charge is 2.34. The van der Waals surface area contributed by atoms with Crippen LogP contribution in [0.25, 0.3) is 0 Å². The van der Waals surface area contributed by atoms with Crippen LogP contribution in [-0.4, -0.2) is 47.0 Å². The number of rotatable bonds is 12. The Labute approximate surface area is 199 Å². The smallest absolute Gasteiger partial charge is 0.408 e. The molecule has 0 aliphatic heterocycles. The van der Waals surface area contributed by atoms with E-state index >= 15 is 0 Å². The molecule has 0 radical (unpaired) electrons. The number of nitrogens with one attached hydrogen (secondary N) is 2. The van der Waals surface area contributed by atoms with E-state index < -0.39 is 23.8 Å². The molecule has 0 bridgehead atoms. The largest absolute Gasteiger partial charge is 0.444 e. The predicted molar refractivity (Wildman–Crippen MR) is 132 cm³/mol. The van der Waals surface area contributed by atoms with Crippen LogP contribution in [0.1, 0.15) is 92.2 Å². The quantitative estimate of drug-likeness (QED) is 0.431. The fourth-order valence-corrected chi connectivity index (χ4v) is 3.63. The van der Waals surface area contributed by atoms with Gasteiger partial charge in [0.15, 0.2) is 0 Å². The lowest BCUT2D eigenvalue weighted by atomic mass is 10.0. The highest BCUT2D eigenvalue weighted by atomic mass is 16.6. The second-order valence-electron chi connectivity index (χ2n) is 9.62. The summed E-state index contributed by atoms with van der Waals surface area (Å²) in [5, 5.41) is 5.70. The van der Waals surface area contributed by atoms with E-state index in [0.29, 0.717) is 6.54 Å². The van der Waals surface area contributed by atoms with Crippen LogP contribution in [0.15, 0.2) is 30.3 Å². The normalized spacial score (nSPS) is 14.0. The molecule has 7 heteroatoms. The molecule has 33 heavy (non-hydrogen) atoms. The number of amides is 3. The van der Waals surface area contributed by atoms with Gasteiger partial charge in [0, 0.05) is 12.6 Å². The minimum Gasteiger partial charge on any atom is -0.444 e. The zero-order valence-corrected chi connectivity index (χ0v) is 21.4. The van der Waals surface area contributed by atoms with E-state index in [2.05, 4.69) is 24.5 Å². The van der Waals surface area contributed by atoms with E-state index in [1.165, 1.54) is 0 Å². The number of hydrogen-bond donors (Lipinski definition) is 2. The Morgan fingerprint density at radius 3 is 2.15 bits per heavy atom. The van der Waals surface area contributed by atoms with Crippen LogP contribution in [-0.2, 0) is 14.3 Å². The van der Waals surface area contributed by atoms with E-state index in [1.807, 2.05) is 37.3 Å². The van der Waals surface area contributed by atoms with Crippen LogP contribution in [0.4, 0.5) is 4.79 Å². The third kappa shape index (κ3) is 10.3. The topological polar surface area (TPSA) is 87.7 Å². The minimum absolute atomic E-state index is 0.00128. The van der Waals surface area contributed by atoms with Gasteiger partial charge in [0.1, 0.15) is 17.7 Å². The third-order valence-corrected chi connectivity index (χ3v) is 5.17. The molecule has 0 saturated heterocycles. The molecule has 2 N–H and O–H groups in total. The lowest BCUT2D eigenvalue weighted by Gasteiger charge is -2.34. The maximum atomic E-state index is 13.5. The first-order valence-corrected chi connectivity index (χ1v) is 12.1. The standard InChI is InChI=1S/C26H43N3O4/c1-8-10-14-18-29(24(31)20(4)28-25(32)33-26(5,6)7)22(21-16-12-11-13-17-21)23(30)27-19(3)15-9-2/h11-13,16-17,19-20,22H,8-10,14-15,18H2,1-7H3,(H,27,30)(H,28,32). The first kappa shape index (κ1) is 28.5. The SMILES string of the molecule is CCCCCN(C(=O)C(C)NC(=O)OC(C)(C)C)C(C(=O)NC(C)CCC)c1ccccc1. The number of benzene rings is 1. The molecule has 0 aromatic heterocycles. The van der Waals surface area contributed by atoms with Gasteiger partial charge < -0.3 is 20.3 Å². The first-order chi connectivity index (χ1) is 15.5. The van der Waals surface area contributed by atoms with Gasteiger partial charge in [-0.3, -0.25) is 9.59 Å². The Hall–Kier alpha value is -2.57. The maximum absolute atomic E-state index is 13.5. The summed E-state index contributed by atoms with van der Waals surface area (Å²) in [6.45, 7) is 13.5. The fraction of sp³-hybridized carbons (Fsp3) is 0.654. The summed E-state index contributed by atoms with van der Waals surface area (Å²) in [5.41, 5.74) is 0.0724. The van der Waals surface area contributed by atoms with Gasteiger partial charge in [-0.2, -0.15) is 0 Å². The Kier molecular flexibility index (Phi) is 12.0. The van der Waals surface area contributed by atoms with Gasteiger partial charge in [0.05, 0.1) is 0 Å². The number of hydrogen-bond acceptors (Lipinski definition) is 4. The molecule has 1 rings (SSSR count). The molecule has 7 nitrogen and oxygen atoms in total. The Balaban J connectivity index is 3.22. The monoisotopic (exact) mass is 461 g/mol. The number of carbonyl (C=O) groups is 3. The molecule has 0 heterocycles. The van der Waals surface area contributed by atoms with Gasteiger partial charge in [-0.1, -0.05) is 63.4 Å². The Morgan fingerprint density at radius 1 is 0.970 bits per heavy atom. The summed E-state index contributed by atoms with van der Waals surface area (Å²) < 4.78 is 5.31. The second kappa shape index (κ2) is 13.9. The van der Waals surface area contributed by atoms with Crippen molar-refractivity contribution in [1.29, 1.82) is 0 Å². The van der Waals surface area contributed by atoms with Gasteiger partial charge in [-0.25, -0.2) is 4.79 Å². The summed E-state index contributed by atoms with van der Waals surface area (Å²) in [4.78, 5) is 40.8. The van der Waals surface area contributed by atoms with Crippen molar-refractivity contribution >= 4 is 17.9 Å². The summed E-state index contributed by atoms with van der Waals surface area (Å²) >= 11 is 0. The zero-order chi connectivity index (χ0) is 25.0. The van der Waals surface area contributed by atoms with Crippen molar-refractivity contribution in [2.75, 3.05) is 6.54 Å². The average molecular weight is 462 g/mol. The fourth-order valence-electron chi connectivity index (χ4n) is 3.63. The summed E-state index contributed by atoms with van der Waals surface area (Å²) in [7, 11) is 0. The minimum atomic E-state index is -0.839. The number of ether oxygens (including phenoxy) is 1. The summed E-state index contributed by atoms with van der Waals surface area (Å²) in [6, 6.07) is 7.71. The summed E-state index contributed by atoms with van der Waals surface area (Å²) in [6.07, 6.45) is 3.84. The van der Waals surface area contributed by atoms with E-state index in [9.17, 15) is 14.4 Å². The molecule has 186 valence electrons. The number of alkyl carbamates (subject to hydrolysis) is 1. The van der Waals surface area contributed by atoms with Gasteiger partial charge in [0.25, 0.3) is 0 Å². The van der Waals surface area contributed by atoms with Gasteiger partial charge in [-0.15, -0.1) is 0 Å². The van der Waals surface area contributed by atoms with Crippen LogP contribution in [0.3, 0.4) is 0 Å². The van der Waals surface area contributed by atoms with Crippen LogP contribution < -0.4 is 10.6 Å². The average Bonchev–Trinajstić information content (AvgIpc) is 2.72. The van der Waals surface area contributed by atoms with E-state index in [-0.39, 0.29) is 17.9 Å². The lowest BCUT2D eigenvalue weighted by Crippen LogP contribution is -2.52. The zero-order valence-electron chi connectivity index (χ0n) is 21.4. The van der Waals surface area contributed by atoms with Crippen molar-refractivity contribution in [2.24, 2.45) is 0 Å². The molecule has 1 aromatic rings. The van der Waals surface area contributed by atoms with Crippen LogP contribution in [0.5, 0.6) is 0 Å². The van der Waals surface area contributed by atoms with Crippen molar-refractivity contribution < 1.29 is 19.1 Å². The first-order valence-electron chi connectivity index (χ1n) is 12.1. The lowest BCUT2D eigenvalue weighted by molar-refractivity contribution is -0.142. The van der Waals surface area contributed by atoms with E-state index in [4.69, 9.17) is 4.74 Å². The maximum Gasteiger partial charge on any atom is 0.408 e.